The minimum Gasteiger partial charge on any atom is -0.479 e. The summed E-state index contributed by atoms with van der Waals surface area (Å²) in [7, 11) is 0. The van der Waals surface area contributed by atoms with E-state index in [1.54, 1.807) is 0 Å². The van der Waals surface area contributed by atoms with Crippen molar-refractivity contribution in [3.8, 4) is 0 Å². The fourth-order valence-electron chi connectivity index (χ4n) is 0.273. The molecule has 0 aromatic heterocycles. The van der Waals surface area contributed by atoms with E-state index in [0.717, 1.165) is 6.08 Å². The van der Waals surface area contributed by atoms with Crippen molar-refractivity contribution >= 4 is 11.9 Å². The Hall–Kier alpha value is -0.580. The zero-order valence-corrected chi connectivity index (χ0v) is 8.18. The van der Waals surface area contributed by atoms with Gasteiger partial charge in [0.15, 0.2) is 6.10 Å². The molecule has 0 amide bonds. The summed E-state index contributed by atoms with van der Waals surface area (Å²) in [4.78, 5) is 20.4. The summed E-state index contributed by atoms with van der Waals surface area (Å²) in [5.74, 6) is -1.90. The summed E-state index contributed by atoms with van der Waals surface area (Å²) in [5, 5.41) is 8.21. The molecule has 0 spiro atoms. The second-order valence-corrected chi connectivity index (χ2v) is 1.62. The summed E-state index contributed by atoms with van der Waals surface area (Å²) >= 11 is 0. The molecule has 1 radical (unpaired) electrons. The van der Waals surface area contributed by atoms with Gasteiger partial charge in [0.2, 0.25) is 0 Å². The monoisotopic (exact) mass is 237 g/mol. The zero-order valence-electron chi connectivity index (χ0n) is 5.98. The normalized spacial score (nSPS) is 10.6. The van der Waals surface area contributed by atoms with E-state index in [9.17, 15) is 9.59 Å². The van der Waals surface area contributed by atoms with Crippen LogP contribution in [0.2, 0.25) is 0 Å². The molecule has 5 heteroatoms. The third-order valence-electron chi connectivity index (χ3n) is 0.807. The molecule has 0 bridgehead atoms. The maximum Gasteiger partial charge on any atom is 0.344 e. The van der Waals surface area contributed by atoms with E-state index < -0.39 is 18.0 Å². The molecule has 0 saturated heterocycles. The first-order chi connectivity index (χ1) is 4.57. The van der Waals surface area contributed by atoms with Crippen molar-refractivity contribution in [3.05, 3.63) is 12.7 Å². The molecule has 11 heavy (non-hydrogen) atoms. The topological polar surface area (TPSA) is 63.6 Å². The molecular weight excluding hydrogens is 229 g/mol. The predicted molar refractivity (Wildman–Crippen MR) is 33.4 cm³/mol. The number of ether oxygens (including phenoxy) is 1. The number of esters is 1. The third kappa shape index (κ3) is 5.84. The van der Waals surface area contributed by atoms with Crippen LogP contribution in [0.4, 0.5) is 0 Å². The van der Waals surface area contributed by atoms with Gasteiger partial charge < -0.3 is 9.84 Å². The molecule has 61 valence electrons. The van der Waals surface area contributed by atoms with E-state index in [0.29, 0.717) is 0 Å². The number of rotatable bonds is 3. The maximum atomic E-state index is 10.3. The van der Waals surface area contributed by atoms with Gasteiger partial charge in [-0.1, -0.05) is 6.58 Å². The zero-order chi connectivity index (χ0) is 8.15. The number of carbonyl (C=O) groups excluding carboxylic acids is 1. The van der Waals surface area contributed by atoms with Gasteiger partial charge in [-0.05, 0) is 6.92 Å². The van der Waals surface area contributed by atoms with Crippen molar-refractivity contribution in [2.24, 2.45) is 0 Å². The Morgan fingerprint density at radius 1 is 1.64 bits per heavy atom. The van der Waals surface area contributed by atoms with Gasteiger partial charge in [0.1, 0.15) is 0 Å². The van der Waals surface area contributed by atoms with Crippen LogP contribution in [0.15, 0.2) is 12.7 Å². The fourth-order valence-corrected chi connectivity index (χ4v) is 0.273. The Morgan fingerprint density at radius 2 is 2.09 bits per heavy atom. The number of carboxylic acids is 1. The standard InChI is InChI=1S/C6H8O4.Nb/c1-3-5(7)10-4(2)6(8)9;/h3-4H,1H2,2H3,(H,8,9);. The maximum absolute atomic E-state index is 10.3. The Kier molecular flexibility index (Phi) is 7.29. The second kappa shape index (κ2) is 6.15. The molecule has 0 aromatic carbocycles. The van der Waals surface area contributed by atoms with Crippen LogP contribution < -0.4 is 0 Å². The summed E-state index contributed by atoms with van der Waals surface area (Å²) in [6.45, 7) is 4.37. The summed E-state index contributed by atoms with van der Waals surface area (Å²) in [6, 6.07) is 0. The second-order valence-electron chi connectivity index (χ2n) is 1.62. The number of carbonyl (C=O) groups is 2. The molecule has 0 saturated carbocycles. The van der Waals surface area contributed by atoms with Gasteiger partial charge in [0.25, 0.3) is 0 Å². The van der Waals surface area contributed by atoms with Gasteiger partial charge in [-0.15, -0.1) is 0 Å². The molecule has 1 atom stereocenters. The summed E-state index contributed by atoms with van der Waals surface area (Å²) in [6.07, 6.45) is -0.190. The molecular formula is C6H8NbO4. The van der Waals surface area contributed by atoms with Gasteiger partial charge in [0.05, 0.1) is 0 Å². The first-order valence-corrected chi connectivity index (χ1v) is 2.63. The number of hydrogen-bond donors (Lipinski definition) is 1. The fraction of sp³-hybridized carbons (Fsp3) is 0.333. The molecule has 1 unspecified atom stereocenters. The van der Waals surface area contributed by atoms with E-state index in [-0.39, 0.29) is 22.4 Å². The molecule has 0 aliphatic heterocycles. The van der Waals surface area contributed by atoms with Crippen LogP contribution in [0.3, 0.4) is 0 Å². The summed E-state index contributed by atoms with van der Waals surface area (Å²) < 4.78 is 4.30. The van der Waals surface area contributed by atoms with E-state index in [4.69, 9.17) is 5.11 Å². The van der Waals surface area contributed by atoms with Crippen LogP contribution in [0.1, 0.15) is 6.92 Å². The van der Waals surface area contributed by atoms with Crippen LogP contribution in [-0.4, -0.2) is 23.1 Å². The van der Waals surface area contributed by atoms with Crippen LogP contribution >= 0.6 is 0 Å². The Bertz CT molecular complexity index is 166. The molecule has 4 nitrogen and oxygen atoms in total. The van der Waals surface area contributed by atoms with E-state index in [1.807, 2.05) is 0 Å². The molecule has 0 fully saturated rings. The van der Waals surface area contributed by atoms with E-state index >= 15 is 0 Å². The van der Waals surface area contributed by atoms with Crippen LogP contribution in [0, 0.1) is 0 Å². The Balaban J connectivity index is 0. The molecule has 0 aliphatic rings. The first kappa shape index (κ1) is 13.0. The first-order valence-electron chi connectivity index (χ1n) is 2.63. The van der Waals surface area contributed by atoms with E-state index in [2.05, 4.69) is 11.3 Å². The average Bonchev–Trinajstić information content (AvgIpc) is 1.87. The van der Waals surface area contributed by atoms with Crippen LogP contribution in [0.25, 0.3) is 0 Å². The number of aliphatic carboxylic acids is 1. The predicted octanol–water partition coefficient (Wildman–Crippen LogP) is 0.186. The minimum atomic E-state index is -1.17. The van der Waals surface area contributed by atoms with Crippen molar-refractivity contribution in [2.75, 3.05) is 0 Å². The van der Waals surface area contributed by atoms with Crippen molar-refractivity contribution in [3.63, 3.8) is 0 Å². The van der Waals surface area contributed by atoms with E-state index in [1.165, 1.54) is 6.92 Å². The van der Waals surface area contributed by atoms with Crippen molar-refractivity contribution < 1.29 is 41.8 Å². The van der Waals surface area contributed by atoms with Crippen LogP contribution in [-0.2, 0) is 36.7 Å². The summed E-state index contributed by atoms with van der Waals surface area (Å²) in [5.41, 5.74) is 0. The van der Waals surface area contributed by atoms with Crippen molar-refractivity contribution in [2.45, 2.75) is 13.0 Å². The average molecular weight is 237 g/mol. The molecule has 0 heterocycles. The number of hydrogen-bond acceptors (Lipinski definition) is 3. The molecule has 0 rings (SSSR count). The largest absolute Gasteiger partial charge is 0.479 e. The Morgan fingerprint density at radius 3 is 2.36 bits per heavy atom. The van der Waals surface area contributed by atoms with Gasteiger partial charge in [-0.3, -0.25) is 0 Å². The third-order valence-corrected chi connectivity index (χ3v) is 0.807. The van der Waals surface area contributed by atoms with Crippen LogP contribution in [0.5, 0.6) is 0 Å². The van der Waals surface area contributed by atoms with Gasteiger partial charge in [0, 0.05) is 28.5 Å². The van der Waals surface area contributed by atoms with Gasteiger partial charge >= 0.3 is 11.9 Å². The number of carboxylic acid groups (broad SMARTS) is 1. The molecule has 0 aliphatic carbocycles. The SMILES string of the molecule is C=CC(=O)OC(C)C(=O)O.[Nb]. The van der Waals surface area contributed by atoms with Crippen molar-refractivity contribution in [1.29, 1.82) is 0 Å². The Labute approximate surface area is 79.7 Å². The smallest absolute Gasteiger partial charge is 0.344 e. The quantitative estimate of drug-likeness (QED) is 0.432. The molecule has 0 aromatic rings. The van der Waals surface area contributed by atoms with Gasteiger partial charge in [-0.2, -0.15) is 0 Å². The molecule has 1 N–H and O–H groups in total. The minimum absolute atomic E-state index is 0. The van der Waals surface area contributed by atoms with Crippen molar-refractivity contribution in [1.82, 2.24) is 0 Å². The van der Waals surface area contributed by atoms with Gasteiger partial charge in [-0.25, -0.2) is 9.59 Å².